The van der Waals surface area contributed by atoms with E-state index in [-0.39, 0.29) is 57.8 Å². The molecule has 3 N–H and O–H groups in total. The van der Waals surface area contributed by atoms with Crippen molar-refractivity contribution in [3.05, 3.63) is 0 Å². The molecule has 0 saturated heterocycles. The summed E-state index contributed by atoms with van der Waals surface area (Å²) in [5.74, 6) is -0.773. The zero-order valence-electron chi connectivity index (χ0n) is 4.05. The van der Waals surface area contributed by atoms with Crippen LogP contribution in [0.15, 0.2) is 0 Å². The van der Waals surface area contributed by atoms with Gasteiger partial charge in [0, 0.05) is 6.42 Å². The molecule has 0 aliphatic heterocycles. The maximum atomic E-state index is 9.70. The molecule has 0 atom stereocenters. The predicted octanol–water partition coefficient (Wildman–Crippen LogP) is -0.839. The minimum absolute atomic E-state index is 0. The van der Waals surface area contributed by atoms with Gasteiger partial charge in [0.15, 0.2) is 0 Å². The summed E-state index contributed by atoms with van der Waals surface area (Å²) >= 11 is 0. The number of carbonyl (C=O) groups is 1. The number of rotatable bonds is 3. The monoisotopic (exact) mass is 143 g/mol. The molecule has 0 bridgehead atoms. The van der Waals surface area contributed by atoms with Gasteiger partial charge >= 0.3 is 57.4 Å². The molecule has 0 aromatic carbocycles. The van der Waals surface area contributed by atoms with Gasteiger partial charge in [-0.1, -0.05) is 0 Å². The second-order valence-electron chi connectivity index (χ2n) is 1.29. The van der Waals surface area contributed by atoms with Crippen LogP contribution in [-0.2, 0) is 4.79 Å². The van der Waals surface area contributed by atoms with Gasteiger partial charge in [-0.15, -0.1) is 0 Å². The van der Waals surface area contributed by atoms with Crippen molar-refractivity contribution >= 4 is 57.4 Å². The minimum atomic E-state index is -0.773. The van der Waals surface area contributed by atoms with Gasteiger partial charge in [-0.3, -0.25) is 4.79 Å². The average molecular weight is 143 g/mol. The Morgan fingerprint density at radius 3 is 2.25 bits per heavy atom. The first-order chi connectivity index (χ1) is 3.27. The fourth-order valence-electron chi connectivity index (χ4n) is 0.253. The fraction of sp³-hybridized carbons (Fsp3) is 0.750. The third-order valence-corrected chi connectivity index (χ3v) is 0.595. The van der Waals surface area contributed by atoms with Crippen LogP contribution in [0.1, 0.15) is 12.8 Å². The molecule has 0 fully saturated rings. The Hall–Kier alpha value is 1.07. The van der Waals surface area contributed by atoms with E-state index in [1.165, 1.54) is 0 Å². The Bertz CT molecular complexity index is 67.1. The SMILES string of the molecule is NCCCC(=O)O.[KH]. The molecule has 0 aliphatic carbocycles. The summed E-state index contributed by atoms with van der Waals surface area (Å²) in [6, 6.07) is 0. The first-order valence-electron chi connectivity index (χ1n) is 2.19. The van der Waals surface area contributed by atoms with Crippen LogP contribution in [0, 0.1) is 0 Å². The molecule has 0 aliphatic rings. The number of carboxylic acid groups (broad SMARTS) is 1. The second kappa shape index (κ2) is 8.07. The van der Waals surface area contributed by atoms with E-state index in [9.17, 15) is 4.79 Å². The van der Waals surface area contributed by atoms with Crippen molar-refractivity contribution in [3.8, 4) is 0 Å². The molecule has 0 heterocycles. The van der Waals surface area contributed by atoms with Crippen molar-refractivity contribution in [2.24, 2.45) is 5.73 Å². The van der Waals surface area contributed by atoms with Crippen LogP contribution in [0.5, 0.6) is 0 Å². The summed E-state index contributed by atoms with van der Waals surface area (Å²) < 4.78 is 0. The van der Waals surface area contributed by atoms with E-state index < -0.39 is 5.97 Å². The van der Waals surface area contributed by atoms with Crippen LogP contribution in [-0.4, -0.2) is 69.0 Å². The maximum absolute atomic E-state index is 9.70. The molecular weight excluding hydrogens is 133 g/mol. The van der Waals surface area contributed by atoms with Crippen LogP contribution in [0.3, 0.4) is 0 Å². The number of aliphatic carboxylic acids is 1. The topological polar surface area (TPSA) is 63.3 Å². The molecule has 0 unspecified atom stereocenters. The van der Waals surface area contributed by atoms with Gasteiger partial charge in [0.05, 0.1) is 0 Å². The van der Waals surface area contributed by atoms with Crippen LogP contribution in [0.4, 0.5) is 0 Å². The first-order valence-corrected chi connectivity index (χ1v) is 2.19. The Kier molecular flexibility index (Phi) is 11.9. The van der Waals surface area contributed by atoms with E-state index in [4.69, 9.17) is 10.8 Å². The van der Waals surface area contributed by atoms with Crippen LogP contribution in [0.25, 0.3) is 0 Å². The Labute approximate surface area is 91.1 Å². The normalized spacial score (nSPS) is 7.62. The summed E-state index contributed by atoms with van der Waals surface area (Å²) in [5, 5.41) is 7.99. The third-order valence-electron chi connectivity index (χ3n) is 0.595. The van der Waals surface area contributed by atoms with Crippen LogP contribution >= 0.6 is 0 Å². The second-order valence-corrected chi connectivity index (χ2v) is 1.29. The van der Waals surface area contributed by atoms with Gasteiger partial charge < -0.3 is 10.8 Å². The third kappa shape index (κ3) is 10.1. The number of hydrogen-bond donors (Lipinski definition) is 2. The van der Waals surface area contributed by atoms with Crippen molar-refractivity contribution in [3.63, 3.8) is 0 Å². The summed E-state index contributed by atoms with van der Waals surface area (Å²) in [7, 11) is 0. The molecule has 0 amide bonds. The van der Waals surface area contributed by atoms with Crippen molar-refractivity contribution < 1.29 is 9.90 Å². The van der Waals surface area contributed by atoms with Crippen molar-refractivity contribution in [1.82, 2.24) is 0 Å². The Morgan fingerprint density at radius 2 is 2.12 bits per heavy atom. The zero-order valence-corrected chi connectivity index (χ0v) is 4.05. The predicted molar refractivity (Wildman–Crippen MR) is 33.1 cm³/mol. The summed E-state index contributed by atoms with van der Waals surface area (Å²) in [6.07, 6.45) is 0.770. The van der Waals surface area contributed by atoms with Crippen molar-refractivity contribution in [1.29, 1.82) is 0 Å². The number of nitrogens with two attached hydrogens (primary N) is 1. The molecule has 0 rings (SSSR count). The zero-order chi connectivity index (χ0) is 5.70. The van der Waals surface area contributed by atoms with Gasteiger partial charge in [0.2, 0.25) is 0 Å². The average Bonchev–Trinajstić information content (AvgIpc) is 1.61. The van der Waals surface area contributed by atoms with E-state index in [0.29, 0.717) is 13.0 Å². The Morgan fingerprint density at radius 1 is 1.62 bits per heavy atom. The molecule has 44 valence electrons. The van der Waals surface area contributed by atoms with Gasteiger partial charge in [0.25, 0.3) is 0 Å². The van der Waals surface area contributed by atoms with E-state index >= 15 is 0 Å². The van der Waals surface area contributed by atoms with Crippen molar-refractivity contribution in [2.45, 2.75) is 12.8 Å². The molecule has 0 aromatic heterocycles. The van der Waals surface area contributed by atoms with Crippen LogP contribution < -0.4 is 5.73 Å². The van der Waals surface area contributed by atoms with Gasteiger partial charge in [-0.2, -0.15) is 0 Å². The van der Waals surface area contributed by atoms with E-state index in [1.807, 2.05) is 0 Å². The van der Waals surface area contributed by atoms with Crippen molar-refractivity contribution in [2.75, 3.05) is 6.54 Å². The molecule has 0 radical (unpaired) electrons. The summed E-state index contributed by atoms with van der Waals surface area (Å²) in [5.41, 5.74) is 5.01. The van der Waals surface area contributed by atoms with Gasteiger partial charge in [-0.25, -0.2) is 0 Å². The Balaban J connectivity index is 0. The van der Waals surface area contributed by atoms with E-state index in [2.05, 4.69) is 0 Å². The number of hydrogen-bond acceptors (Lipinski definition) is 2. The molecule has 3 nitrogen and oxygen atoms in total. The van der Waals surface area contributed by atoms with E-state index in [0.717, 1.165) is 0 Å². The molecule has 4 heteroatoms. The van der Waals surface area contributed by atoms with Gasteiger partial charge in [-0.05, 0) is 13.0 Å². The molecule has 8 heavy (non-hydrogen) atoms. The molecular formula is C4H10KNO2. The molecule has 0 spiro atoms. The first kappa shape index (κ1) is 11.8. The molecule has 0 aromatic rings. The van der Waals surface area contributed by atoms with Gasteiger partial charge in [0.1, 0.15) is 0 Å². The fourth-order valence-corrected chi connectivity index (χ4v) is 0.253. The van der Waals surface area contributed by atoms with Crippen LogP contribution in [0.2, 0.25) is 0 Å². The van der Waals surface area contributed by atoms with E-state index in [1.54, 1.807) is 0 Å². The summed E-state index contributed by atoms with van der Waals surface area (Å²) in [6.45, 7) is 0.465. The molecule has 0 saturated carbocycles. The standard InChI is InChI=1S/C4H9NO2.K.H/c5-3-1-2-4(6)7;;/h1-3,5H2,(H,6,7);;. The summed E-state index contributed by atoms with van der Waals surface area (Å²) in [4.78, 5) is 9.70. The quantitative estimate of drug-likeness (QED) is 0.506. The number of carboxylic acids is 1.